The third-order valence-corrected chi connectivity index (χ3v) is 2.65. The Bertz CT molecular complexity index is 453. The summed E-state index contributed by atoms with van der Waals surface area (Å²) in [6.07, 6.45) is 1.23. The minimum Gasteiger partial charge on any atom is -0.480 e. The Kier molecular flexibility index (Phi) is 3.23. The topological polar surface area (TPSA) is 58.9 Å². The third-order valence-electron chi connectivity index (χ3n) is 2.65. The van der Waals surface area contributed by atoms with Crippen molar-refractivity contribution in [3.63, 3.8) is 0 Å². The minimum absolute atomic E-state index is 0.562. The molecule has 0 amide bonds. The van der Waals surface area contributed by atoms with E-state index in [2.05, 4.69) is 11.6 Å². The van der Waals surface area contributed by atoms with E-state index in [9.17, 15) is 4.79 Å². The van der Waals surface area contributed by atoms with E-state index in [0.29, 0.717) is 6.42 Å². The maximum absolute atomic E-state index is 10.9. The first kappa shape index (κ1) is 11.4. The van der Waals surface area contributed by atoms with Crippen molar-refractivity contribution in [2.24, 2.45) is 4.99 Å². The average molecular weight is 231 g/mol. The first-order chi connectivity index (χ1) is 8.18. The number of carboxylic acid groups (broad SMARTS) is 1. The maximum atomic E-state index is 10.9. The van der Waals surface area contributed by atoms with E-state index in [1.165, 1.54) is 6.40 Å². The molecule has 1 aliphatic heterocycles. The second kappa shape index (κ2) is 4.82. The number of carboxylic acids is 1. The van der Waals surface area contributed by atoms with Gasteiger partial charge in [0.05, 0.1) is 0 Å². The van der Waals surface area contributed by atoms with Crippen molar-refractivity contribution in [3.05, 3.63) is 48.0 Å². The first-order valence-electron chi connectivity index (χ1n) is 5.30. The zero-order chi connectivity index (χ0) is 12.3. The van der Waals surface area contributed by atoms with Gasteiger partial charge in [-0.15, -0.1) is 0 Å². The molecule has 17 heavy (non-hydrogen) atoms. The van der Waals surface area contributed by atoms with Gasteiger partial charge in [0.2, 0.25) is 0 Å². The van der Waals surface area contributed by atoms with Crippen LogP contribution in [0.25, 0.3) is 0 Å². The van der Waals surface area contributed by atoms with Crippen molar-refractivity contribution in [1.29, 1.82) is 0 Å². The molecular formula is C13H13NO3. The lowest BCUT2D eigenvalue weighted by Gasteiger charge is -2.16. The highest BCUT2D eigenvalue weighted by Crippen LogP contribution is 2.20. The Labute approximate surface area is 99.3 Å². The Morgan fingerprint density at radius 2 is 2.12 bits per heavy atom. The molecular weight excluding hydrogens is 218 g/mol. The molecule has 0 fully saturated rings. The number of benzene rings is 1. The Hall–Kier alpha value is -2.10. The molecule has 1 aromatic carbocycles. The highest BCUT2D eigenvalue weighted by atomic mass is 16.5. The summed E-state index contributed by atoms with van der Waals surface area (Å²) in [7, 11) is 0. The van der Waals surface area contributed by atoms with Crippen molar-refractivity contribution >= 4 is 12.4 Å². The molecule has 1 aromatic rings. The molecule has 1 N–H and O–H groups in total. The predicted molar refractivity (Wildman–Crippen MR) is 64.1 cm³/mol. The zero-order valence-corrected chi connectivity index (χ0v) is 9.24. The molecule has 0 spiro atoms. The van der Waals surface area contributed by atoms with E-state index in [1.807, 2.05) is 30.3 Å². The summed E-state index contributed by atoms with van der Waals surface area (Å²) < 4.78 is 5.19. The van der Waals surface area contributed by atoms with Crippen LogP contribution in [-0.4, -0.2) is 29.6 Å². The number of aliphatic carboxylic acids is 1. The molecule has 0 saturated heterocycles. The van der Waals surface area contributed by atoms with Gasteiger partial charge < -0.3 is 9.84 Å². The molecule has 0 saturated carbocycles. The largest absolute Gasteiger partial charge is 0.480 e. The van der Waals surface area contributed by atoms with Crippen LogP contribution in [0.2, 0.25) is 0 Å². The van der Waals surface area contributed by atoms with Gasteiger partial charge in [0.25, 0.3) is 0 Å². The number of hydrogen-bond donors (Lipinski definition) is 1. The molecule has 88 valence electrons. The van der Waals surface area contributed by atoms with Gasteiger partial charge >= 0.3 is 5.97 Å². The fraction of sp³-hybridized carbons (Fsp3) is 0.231. The minimum atomic E-state index is -0.988. The molecule has 0 bridgehead atoms. The summed E-state index contributed by atoms with van der Waals surface area (Å²) in [4.78, 5) is 14.7. The lowest BCUT2D eigenvalue weighted by Crippen LogP contribution is -2.31. The van der Waals surface area contributed by atoms with Gasteiger partial charge in [0, 0.05) is 0 Å². The van der Waals surface area contributed by atoms with Crippen LogP contribution in [0.3, 0.4) is 0 Å². The Morgan fingerprint density at radius 3 is 2.76 bits per heavy atom. The summed E-state index contributed by atoms with van der Waals surface area (Å²) in [6.45, 7) is 3.90. The van der Waals surface area contributed by atoms with Crippen LogP contribution in [-0.2, 0) is 16.0 Å². The van der Waals surface area contributed by atoms with E-state index < -0.39 is 18.1 Å². The summed E-state index contributed by atoms with van der Waals surface area (Å²) in [5.74, 6) is -0.988. The number of rotatable bonds is 4. The van der Waals surface area contributed by atoms with Gasteiger partial charge in [0.15, 0.2) is 18.5 Å². The number of carbonyl (C=O) groups is 1. The van der Waals surface area contributed by atoms with Crippen LogP contribution in [0.5, 0.6) is 0 Å². The molecule has 0 aromatic heterocycles. The number of ether oxygens (including phenoxy) is 1. The SMILES string of the molecule is C=C(Cc1ccccc1)C1OC=NC1C(=O)O. The fourth-order valence-electron chi connectivity index (χ4n) is 1.79. The molecule has 0 radical (unpaired) electrons. The lowest BCUT2D eigenvalue weighted by atomic mass is 9.98. The van der Waals surface area contributed by atoms with Crippen LogP contribution in [0.4, 0.5) is 0 Å². The molecule has 0 aliphatic carbocycles. The number of hydrogen-bond acceptors (Lipinski definition) is 3. The molecule has 2 atom stereocenters. The van der Waals surface area contributed by atoms with E-state index in [1.54, 1.807) is 0 Å². The normalized spacial score (nSPS) is 22.1. The standard InChI is InChI=1S/C13H13NO3/c1-9(7-10-5-3-2-4-6-10)12-11(13(15)16)14-8-17-12/h2-6,8,11-12H,1,7H2,(H,15,16). The van der Waals surface area contributed by atoms with Crippen molar-refractivity contribution < 1.29 is 14.6 Å². The Balaban J connectivity index is 2.04. The van der Waals surface area contributed by atoms with E-state index >= 15 is 0 Å². The van der Waals surface area contributed by atoms with Crippen LogP contribution in [0.1, 0.15) is 5.56 Å². The van der Waals surface area contributed by atoms with Gasteiger partial charge in [-0.05, 0) is 17.6 Å². The second-order valence-electron chi connectivity index (χ2n) is 3.91. The van der Waals surface area contributed by atoms with Crippen molar-refractivity contribution in [3.8, 4) is 0 Å². The van der Waals surface area contributed by atoms with Crippen LogP contribution in [0, 0.1) is 0 Å². The lowest BCUT2D eigenvalue weighted by molar-refractivity contribution is -0.139. The monoisotopic (exact) mass is 231 g/mol. The van der Waals surface area contributed by atoms with E-state index in [4.69, 9.17) is 9.84 Å². The average Bonchev–Trinajstić information content (AvgIpc) is 2.79. The molecule has 4 heteroatoms. The van der Waals surface area contributed by atoms with Crippen LogP contribution in [0.15, 0.2) is 47.5 Å². The Morgan fingerprint density at radius 1 is 1.41 bits per heavy atom. The van der Waals surface area contributed by atoms with Gasteiger partial charge in [-0.2, -0.15) is 0 Å². The van der Waals surface area contributed by atoms with Gasteiger partial charge in [-0.25, -0.2) is 9.79 Å². The van der Waals surface area contributed by atoms with Gasteiger partial charge in [-0.1, -0.05) is 36.9 Å². The van der Waals surface area contributed by atoms with Crippen LogP contribution < -0.4 is 0 Å². The summed E-state index contributed by atoms with van der Waals surface area (Å²) in [5.41, 5.74) is 1.80. The molecule has 2 unspecified atom stereocenters. The van der Waals surface area contributed by atoms with Gasteiger partial charge in [-0.3, -0.25) is 0 Å². The first-order valence-corrected chi connectivity index (χ1v) is 5.30. The summed E-state index contributed by atoms with van der Waals surface area (Å²) in [5, 5.41) is 8.96. The fourth-order valence-corrected chi connectivity index (χ4v) is 1.79. The maximum Gasteiger partial charge on any atom is 0.332 e. The molecule has 2 rings (SSSR count). The van der Waals surface area contributed by atoms with E-state index in [0.717, 1.165) is 11.1 Å². The number of nitrogens with zero attached hydrogens (tertiary/aromatic N) is 1. The predicted octanol–water partition coefficient (Wildman–Crippen LogP) is 1.67. The molecule has 4 nitrogen and oxygen atoms in total. The third kappa shape index (κ3) is 2.53. The second-order valence-corrected chi connectivity index (χ2v) is 3.91. The zero-order valence-electron chi connectivity index (χ0n) is 9.24. The number of aliphatic imine (C=N–C) groups is 1. The molecule has 1 aliphatic rings. The van der Waals surface area contributed by atoms with Crippen molar-refractivity contribution in [2.75, 3.05) is 0 Å². The van der Waals surface area contributed by atoms with E-state index in [-0.39, 0.29) is 0 Å². The highest BCUT2D eigenvalue weighted by molar-refractivity contribution is 5.78. The van der Waals surface area contributed by atoms with Crippen LogP contribution >= 0.6 is 0 Å². The van der Waals surface area contributed by atoms with Gasteiger partial charge in [0.1, 0.15) is 0 Å². The highest BCUT2D eigenvalue weighted by Gasteiger charge is 2.34. The smallest absolute Gasteiger partial charge is 0.332 e. The quantitative estimate of drug-likeness (QED) is 0.802. The van der Waals surface area contributed by atoms with Crippen molar-refractivity contribution in [2.45, 2.75) is 18.6 Å². The molecule has 1 heterocycles. The van der Waals surface area contributed by atoms with Crippen molar-refractivity contribution in [1.82, 2.24) is 0 Å². The summed E-state index contributed by atoms with van der Waals surface area (Å²) in [6, 6.07) is 8.87. The summed E-state index contributed by atoms with van der Waals surface area (Å²) >= 11 is 0.